The van der Waals surface area contributed by atoms with Crippen molar-refractivity contribution in [2.24, 2.45) is 0 Å². The van der Waals surface area contributed by atoms with Crippen LogP contribution in [0, 0.1) is 5.82 Å². The van der Waals surface area contributed by atoms with E-state index in [4.69, 9.17) is 4.74 Å². The van der Waals surface area contributed by atoms with Gasteiger partial charge in [-0.3, -0.25) is 4.79 Å². The van der Waals surface area contributed by atoms with Gasteiger partial charge in [-0.2, -0.15) is 5.10 Å². The van der Waals surface area contributed by atoms with E-state index in [2.05, 4.69) is 10.4 Å². The maximum atomic E-state index is 14.2. The Morgan fingerprint density at radius 1 is 1.12 bits per heavy atom. The van der Waals surface area contributed by atoms with Gasteiger partial charge in [0.15, 0.2) is 0 Å². The molecular formula is C18H14FN3O3. The molecule has 2 aromatic carbocycles. The number of amides is 1. The zero-order chi connectivity index (χ0) is 17.8. The molecule has 0 aliphatic heterocycles. The summed E-state index contributed by atoms with van der Waals surface area (Å²) in [6.45, 7) is 0. The molecule has 0 aliphatic carbocycles. The van der Waals surface area contributed by atoms with Crippen molar-refractivity contribution in [1.82, 2.24) is 15.1 Å². The van der Waals surface area contributed by atoms with E-state index < -0.39 is 11.8 Å². The molecule has 3 rings (SSSR count). The summed E-state index contributed by atoms with van der Waals surface area (Å²) >= 11 is 0. The largest absolute Gasteiger partial charge is 0.423 e. The number of rotatable bonds is 4. The van der Waals surface area contributed by atoms with Crippen molar-refractivity contribution in [3.63, 3.8) is 0 Å². The number of carbonyl (C=O) groups excluding carboxylic acids is 2. The van der Waals surface area contributed by atoms with Gasteiger partial charge in [0, 0.05) is 25.0 Å². The predicted octanol–water partition coefficient (Wildman–Crippen LogP) is 2.59. The van der Waals surface area contributed by atoms with Crippen LogP contribution in [0.2, 0.25) is 0 Å². The minimum absolute atomic E-state index is 0.0729. The molecule has 126 valence electrons. The van der Waals surface area contributed by atoms with E-state index >= 15 is 0 Å². The number of nitrogens with one attached hydrogen (secondary N) is 1. The summed E-state index contributed by atoms with van der Waals surface area (Å²) < 4.78 is 20.7. The molecule has 0 unspecified atom stereocenters. The fraction of sp³-hybridized carbons (Fsp3) is 0.0556. The summed E-state index contributed by atoms with van der Waals surface area (Å²) in [4.78, 5) is 23.6. The monoisotopic (exact) mass is 339 g/mol. The number of esters is 1. The van der Waals surface area contributed by atoms with E-state index in [0.29, 0.717) is 5.56 Å². The van der Waals surface area contributed by atoms with Crippen molar-refractivity contribution < 1.29 is 18.7 Å². The van der Waals surface area contributed by atoms with Crippen LogP contribution in [-0.4, -0.2) is 28.7 Å². The first-order valence-electron chi connectivity index (χ1n) is 7.42. The first-order valence-corrected chi connectivity index (χ1v) is 7.42. The second-order valence-electron chi connectivity index (χ2n) is 5.11. The molecule has 0 spiro atoms. The fourth-order valence-electron chi connectivity index (χ4n) is 2.22. The Hall–Kier alpha value is -3.48. The van der Waals surface area contributed by atoms with E-state index in [1.807, 2.05) is 0 Å². The van der Waals surface area contributed by atoms with Crippen LogP contribution in [0.15, 0.2) is 60.9 Å². The van der Waals surface area contributed by atoms with Gasteiger partial charge in [-0.1, -0.05) is 0 Å². The van der Waals surface area contributed by atoms with Crippen molar-refractivity contribution in [3.05, 3.63) is 77.9 Å². The molecule has 0 saturated heterocycles. The van der Waals surface area contributed by atoms with E-state index in [0.717, 1.165) is 6.07 Å². The lowest BCUT2D eigenvalue weighted by atomic mass is 10.2. The zero-order valence-corrected chi connectivity index (χ0v) is 13.3. The number of hydrogen-bond acceptors (Lipinski definition) is 4. The molecule has 1 N–H and O–H groups in total. The van der Waals surface area contributed by atoms with Gasteiger partial charge in [0.25, 0.3) is 5.91 Å². The van der Waals surface area contributed by atoms with Gasteiger partial charge in [0.05, 0.1) is 5.56 Å². The Morgan fingerprint density at radius 2 is 1.84 bits per heavy atom. The Bertz CT molecular complexity index is 906. The highest BCUT2D eigenvalue weighted by Gasteiger charge is 2.13. The van der Waals surface area contributed by atoms with Crippen LogP contribution in [0.25, 0.3) is 5.69 Å². The van der Waals surface area contributed by atoms with Crippen molar-refractivity contribution in [2.75, 3.05) is 7.05 Å². The first-order chi connectivity index (χ1) is 12.1. The fourth-order valence-corrected chi connectivity index (χ4v) is 2.22. The van der Waals surface area contributed by atoms with Crippen LogP contribution in [-0.2, 0) is 0 Å². The van der Waals surface area contributed by atoms with E-state index in [1.165, 1.54) is 54.3 Å². The van der Waals surface area contributed by atoms with E-state index in [9.17, 15) is 14.0 Å². The maximum absolute atomic E-state index is 14.2. The van der Waals surface area contributed by atoms with Gasteiger partial charge in [0.2, 0.25) is 0 Å². The Kier molecular flexibility index (Phi) is 4.56. The van der Waals surface area contributed by atoms with Crippen LogP contribution < -0.4 is 10.1 Å². The van der Waals surface area contributed by atoms with Gasteiger partial charge in [0.1, 0.15) is 17.3 Å². The Balaban J connectivity index is 1.75. The van der Waals surface area contributed by atoms with E-state index in [1.54, 1.807) is 12.3 Å². The van der Waals surface area contributed by atoms with Crippen LogP contribution in [0.1, 0.15) is 20.7 Å². The number of aromatic nitrogens is 2. The number of carbonyl (C=O) groups is 2. The molecule has 1 amide bonds. The summed E-state index contributed by atoms with van der Waals surface area (Å²) in [6.07, 6.45) is 3.13. The van der Waals surface area contributed by atoms with E-state index in [-0.39, 0.29) is 22.9 Å². The minimum Gasteiger partial charge on any atom is -0.423 e. The van der Waals surface area contributed by atoms with Crippen LogP contribution >= 0.6 is 0 Å². The standard InChI is InChI=1S/C18H14FN3O3/c1-20-17(23)12-3-6-14(7-4-12)25-18(24)13-5-8-16(15(19)11-13)22-10-2-9-21-22/h2-11H,1H3,(H,20,23). The molecule has 1 heterocycles. The van der Waals surface area contributed by atoms with Gasteiger partial charge < -0.3 is 10.1 Å². The average molecular weight is 339 g/mol. The third kappa shape index (κ3) is 3.55. The summed E-state index contributed by atoms with van der Waals surface area (Å²) in [7, 11) is 1.53. The third-order valence-electron chi connectivity index (χ3n) is 3.49. The molecule has 1 aromatic heterocycles. The molecule has 3 aromatic rings. The molecule has 6 nitrogen and oxygen atoms in total. The lowest BCUT2D eigenvalue weighted by molar-refractivity contribution is 0.0734. The van der Waals surface area contributed by atoms with Gasteiger partial charge in [-0.25, -0.2) is 13.9 Å². The Labute approximate surface area is 142 Å². The van der Waals surface area contributed by atoms with Crippen molar-refractivity contribution in [2.45, 2.75) is 0 Å². The first kappa shape index (κ1) is 16.4. The van der Waals surface area contributed by atoms with Crippen LogP contribution in [0.3, 0.4) is 0 Å². The minimum atomic E-state index is -0.696. The highest BCUT2D eigenvalue weighted by Crippen LogP contribution is 2.18. The highest BCUT2D eigenvalue weighted by atomic mass is 19.1. The van der Waals surface area contributed by atoms with Crippen LogP contribution in [0.4, 0.5) is 4.39 Å². The number of ether oxygens (including phenoxy) is 1. The quantitative estimate of drug-likeness (QED) is 0.586. The molecule has 0 aliphatic rings. The number of nitrogens with zero attached hydrogens (tertiary/aromatic N) is 2. The summed E-state index contributed by atoms with van der Waals surface area (Å²) in [5, 5.41) is 6.44. The summed E-state index contributed by atoms with van der Waals surface area (Å²) in [6, 6.07) is 11.7. The number of benzene rings is 2. The second-order valence-corrected chi connectivity index (χ2v) is 5.11. The highest BCUT2D eigenvalue weighted by molar-refractivity contribution is 5.94. The molecule has 25 heavy (non-hydrogen) atoms. The SMILES string of the molecule is CNC(=O)c1ccc(OC(=O)c2ccc(-n3cccn3)c(F)c2)cc1. The predicted molar refractivity (Wildman–Crippen MR) is 88.3 cm³/mol. The van der Waals surface area contributed by atoms with Gasteiger partial charge in [-0.15, -0.1) is 0 Å². The topological polar surface area (TPSA) is 73.2 Å². The van der Waals surface area contributed by atoms with Gasteiger partial charge in [-0.05, 0) is 48.5 Å². The number of hydrogen-bond donors (Lipinski definition) is 1. The van der Waals surface area contributed by atoms with Gasteiger partial charge >= 0.3 is 5.97 Å². The summed E-state index contributed by atoms with van der Waals surface area (Å²) in [5.74, 6) is -1.27. The third-order valence-corrected chi connectivity index (χ3v) is 3.49. The zero-order valence-electron chi connectivity index (χ0n) is 13.3. The smallest absolute Gasteiger partial charge is 0.343 e. The lowest BCUT2D eigenvalue weighted by Crippen LogP contribution is -2.17. The van der Waals surface area contributed by atoms with Crippen molar-refractivity contribution in [1.29, 1.82) is 0 Å². The van der Waals surface area contributed by atoms with Crippen molar-refractivity contribution in [3.8, 4) is 11.4 Å². The van der Waals surface area contributed by atoms with Crippen LogP contribution in [0.5, 0.6) is 5.75 Å². The lowest BCUT2D eigenvalue weighted by Gasteiger charge is -2.07. The second kappa shape index (κ2) is 6.96. The molecule has 0 saturated carbocycles. The average Bonchev–Trinajstić information content (AvgIpc) is 3.16. The molecule has 0 fully saturated rings. The molecular weight excluding hydrogens is 325 g/mol. The molecule has 0 radical (unpaired) electrons. The molecule has 7 heteroatoms. The maximum Gasteiger partial charge on any atom is 0.343 e. The normalized spacial score (nSPS) is 10.3. The molecule has 0 atom stereocenters. The molecule has 0 bridgehead atoms. The van der Waals surface area contributed by atoms with Crippen molar-refractivity contribution >= 4 is 11.9 Å². The Morgan fingerprint density at radius 3 is 2.44 bits per heavy atom. The number of halogens is 1. The summed E-state index contributed by atoms with van der Waals surface area (Å²) in [5.41, 5.74) is 0.747.